The molecule has 0 radical (unpaired) electrons. The van der Waals surface area contributed by atoms with Crippen LogP contribution in [0, 0.1) is 5.82 Å². The molecule has 0 aliphatic carbocycles. The average molecular weight is 286 g/mol. The summed E-state index contributed by atoms with van der Waals surface area (Å²) in [4.78, 5) is 11.6. The van der Waals surface area contributed by atoms with Gasteiger partial charge in [0.05, 0.1) is 32.5 Å². The minimum absolute atomic E-state index is 0.105. The summed E-state index contributed by atoms with van der Waals surface area (Å²) in [5, 5.41) is 0. The third-order valence-corrected chi connectivity index (χ3v) is 2.49. The summed E-state index contributed by atoms with van der Waals surface area (Å²) in [6.07, 6.45) is 0.549. The van der Waals surface area contributed by atoms with E-state index in [-0.39, 0.29) is 12.2 Å². The van der Waals surface area contributed by atoms with Crippen LogP contribution in [-0.4, -0.2) is 46.6 Å². The highest BCUT2D eigenvalue weighted by Crippen LogP contribution is 2.16. The third kappa shape index (κ3) is 5.54. The first-order valence-corrected chi connectivity index (χ1v) is 6.26. The van der Waals surface area contributed by atoms with Gasteiger partial charge in [-0.05, 0) is 12.1 Å². The molecule has 0 saturated carbocycles. The van der Waals surface area contributed by atoms with Gasteiger partial charge in [0.15, 0.2) is 0 Å². The van der Waals surface area contributed by atoms with Gasteiger partial charge in [-0.2, -0.15) is 0 Å². The van der Waals surface area contributed by atoms with Crippen LogP contribution in [0.15, 0.2) is 18.2 Å². The van der Waals surface area contributed by atoms with E-state index in [1.165, 1.54) is 19.2 Å². The lowest BCUT2D eigenvalue weighted by Gasteiger charge is -2.07. The largest absolute Gasteiger partial charge is 0.497 e. The van der Waals surface area contributed by atoms with Crippen molar-refractivity contribution in [1.82, 2.24) is 0 Å². The van der Waals surface area contributed by atoms with Crippen LogP contribution >= 0.6 is 0 Å². The van der Waals surface area contributed by atoms with Gasteiger partial charge < -0.3 is 18.9 Å². The van der Waals surface area contributed by atoms with Crippen LogP contribution in [-0.2, 0) is 14.2 Å². The summed E-state index contributed by atoms with van der Waals surface area (Å²) in [6, 6.07) is 3.99. The van der Waals surface area contributed by atoms with Crippen LogP contribution in [0.1, 0.15) is 16.8 Å². The van der Waals surface area contributed by atoms with Crippen molar-refractivity contribution in [3.05, 3.63) is 29.6 Å². The molecule has 0 unspecified atom stereocenters. The lowest BCUT2D eigenvalue weighted by Crippen LogP contribution is -2.11. The minimum Gasteiger partial charge on any atom is -0.497 e. The van der Waals surface area contributed by atoms with E-state index in [0.717, 1.165) is 6.07 Å². The van der Waals surface area contributed by atoms with Gasteiger partial charge in [-0.1, -0.05) is 0 Å². The second-order valence-corrected chi connectivity index (χ2v) is 3.94. The fraction of sp³-hybridized carbons (Fsp3) is 0.500. The molecule has 1 aromatic rings. The Morgan fingerprint density at radius 1 is 1.15 bits per heavy atom. The molecule has 1 rings (SSSR count). The van der Waals surface area contributed by atoms with Crippen molar-refractivity contribution in [3.63, 3.8) is 0 Å². The predicted molar refractivity (Wildman–Crippen MR) is 70.5 cm³/mol. The number of methoxy groups -OCH3 is 2. The summed E-state index contributed by atoms with van der Waals surface area (Å²) in [5.74, 6) is -1.00. The van der Waals surface area contributed by atoms with E-state index in [1.807, 2.05) is 0 Å². The molecule has 0 aliphatic rings. The van der Waals surface area contributed by atoms with Crippen molar-refractivity contribution in [2.75, 3.05) is 40.6 Å². The summed E-state index contributed by atoms with van der Waals surface area (Å²) in [6.45, 7) is 1.66. The number of hydrogen-bond acceptors (Lipinski definition) is 5. The monoisotopic (exact) mass is 286 g/mol. The molecular weight excluding hydrogens is 267 g/mol. The number of halogens is 1. The fourth-order valence-corrected chi connectivity index (χ4v) is 1.44. The van der Waals surface area contributed by atoms with Crippen molar-refractivity contribution in [1.29, 1.82) is 0 Å². The van der Waals surface area contributed by atoms with Gasteiger partial charge in [0.1, 0.15) is 11.6 Å². The molecule has 5 nitrogen and oxygen atoms in total. The predicted octanol–water partition coefficient (Wildman–Crippen LogP) is 2.04. The van der Waals surface area contributed by atoms with Gasteiger partial charge in [-0.25, -0.2) is 9.18 Å². The van der Waals surface area contributed by atoms with E-state index in [0.29, 0.717) is 32.0 Å². The Balaban J connectivity index is 2.29. The van der Waals surface area contributed by atoms with E-state index in [1.54, 1.807) is 7.11 Å². The fourth-order valence-electron chi connectivity index (χ4n) is 1.44. The van der Waals surface area contributed by atoms with Gasteiger partial charge in [0.2, 0.25) is 0 Å². The van der Waals surface area contributed by atoms with Crippen LogP contribution in [0.4, 0.5) is 4.39 Å². The molecule has 6 heteroatoms. The third-order valence-electron chi connectivity index (χ3n) is 2.49. The Kier molecular flexibility index (Phi) is 7.60. The molecule has 0 atom stereocenters. The molecule has 0 N–H and O–H groups in total. The molecule has 0 aromatic heterocycles. The quantitative estimate of drug-likeness (QED) is 0.513. The first-order valence-electron chi connectivity index (χ1n) is 6.26. The zero-order valence-electron chi connectivity index (χ0n) is 11.7. The summed E-state index contributed by atoms with van der Waals surface area (Å²) in [5.41, 5.74) is -0.105. The molecule has 112 valence electrons. The molecule has 0 spiro atoms. The standard InChI is InChI=1S/C14H19FO5/c1-17-8-9-19-6-3-7-20-14(16)12-5-4-11(18-2)10-13(12)15/h4-5,10H,3,6-9H2,1-2H3. The summed E-state index contributed by atoms with van der Waals surface area (Å²) < 4.78 is 33.4. The smallest absolute Gasteiger partial charge is 0.341 e. The van der Waals surface area contributed by atoms with E-state index in [4.69, 9.17) is 18.9 Å². The average Bonchev–Trinajstić information content (AvgIpc) is 2.45. The highest BCUT2D eigenvalue weighted by molar-refractivity contribution is 5.89. The van der Waals surface area contributed by atoms with Gasteiger partial charge in [-0.15, -0.1) is 0 Å². The van der Waals surface area contributed by atoms with Crippen molar-refractivity contribution in [2.45, 2.75) is 6.42 Å². The number of ether oxygens (including phenoxy) is 4. The zero-order chi connectivity index (χ0) is 14.8. The first-order chi connectivity index (χ1) is 9.69. The normalized spacial score (nSPS) is 10.3. The number of hydrogen-bond donors (Lipinski definition) is 0. The van der Waals surface area contributed by atoms with Crippen LogP contribution in [0.25, 0.3) is 0 Å². The lowest BCUT2D eigenvalue weighted by molar-refractivity contribution is 0.0382. The van der Waals surface area contributed by atoms with Gasteiger partial charge in [0.25, 0.3) is 0 Å². The van der Waals surface area contributed by atoms with Crippen molar-refractivity contribution in [2.24, 2.45) is 0 Å². The molecule has 1 aromatic carbocycles. The number of benzene rings is 1. The molecule has 0 aliphatic heterocycles. The molecule has 0 saturated heterocycles. The SMILES string of the molecule is COCCOCCCOC(=O)c1ccc(OC)cc1F. The number of carbonyl (C=O) groups excluding carboxylic acids is 1. The van der Waals surface area contributed by atoms with Gasteiger partial charge >= 0.3 is 5.97 Å². The van der Waals surface area contributed by atoms with Crippen LogP contribution in [0.5, 0.6) is 5.75 Å². The lowest BCUT2D eigenvalue weighted by atomic mass is 10.2. The van der Waals surface area contributed by atoms with Crippen molar-refractivity contribution in [3.8, 4) is 5.75 Å². The second kappa shape index (κ2) is 9.28. The van der Waals surface area contributed by atoms with Crippen LogP contribution in [0.3, 0.4) is 0 Å². The Hall–Kier alpha value is -1.66. The van der Waals surface area contributed by atoms with E-state index >= 15 is 0 Å². The Bertz CT molecular complexity index is 422. The van der Waals surface area contributed by atoms with E-state index in [2.05, 4.69) is 0 Å². The highest BCUT2D eigenvalue weighted by Gasteiger charge is 2.13. The number of carbonyl (C=O) groups is 1. The zero-order valence-corrected chi connectivity index (χ0v) is 11.7. The molecule has 0 amide bonds. The Morgan fingerprint density at radius 2 is 1.95 bits per heavy atom. The van der Waals surface area contributed by atoms with Crippen molar-refractivity contribution >= 4 is 5.97 Å². The van der Waals surface area contributed by atoms with E-state index in [9.17, 15) is 9.18 Å². The molecular formula is C14H19FO5. The topological polar surface area (TPSA) is 54.0 Å². The van der Waals surface area contributed by atoms with Crippen LogP contribution in [0.2, 0.25) is 0 Å². The molecule has 20 heavy (non-hydrogen) atoms. The summed E-state index contributed by atoms with van der Waals surface area (Å²) >= 11 is 0. The maximum absolute atomic E-state index is 13.6. The second-order valence-electron chi connectivity index (χ2n) is 3.94. The maximum atomic E-state index is 13.6. The molecule has 0 heterocycles. The van der Waals surface area contributed by atoms with E-state index < -0.39 is 11.8 Å². The Labute approximate surface area is 117 Å². The van der Waals surface area contributed by atoms with Crippen molar-refractivity contribution < 1.29 is 28.1 Å². The van der Waals surface area contributed by atoms with Crippen LogP contribution < -0.4 is 4.74 Å². The first kappa shape index (κ1) is 16.4. The summed E-state index contributed by atoms with van der Waals surface area (Å²) in [7, 11) is 3.02. The minimum atomic E-state index is -0.693. The van der Waals surface area contributed by atoms with Gasteiger partial charge in [-0.3, -0.25) is 0 Å². The van der Waals surface area contributed by atoms with Gasteiger partial charge in [0, 0.05) is 26.2 Å². The number of rotatable bonds is 9. The Morgan fingerprint density at radius 3 is 2.60 bits per heavy atom. The highest BCUT2D eigenvalue weighted by atomic mass is 19.1. The maximum Gasteiger partial charge on any atom is 0.341 e. The molecule has 0 bridgehead atoms. The molecule has 0 fully saturated rings. The number of esters is 1.